The Balaban J connectivity index is 2.23. The molecule has 0 saturated heterocycles. The Kier molecular flexibility index (Phi) is 3.46. The fourth-order valence-electron chi connectivity index (χ4n) is 1.43. The number of hydrogen-bond donors (Lipinski definition) is 1. The number of nitro benzene ring substituents is 1. The number of rotatable bonds is 4. The van der Waals surface area contributed by atoms with Crippen molar-refractivity contribution in [2.75, 3.05) is 7.05 Å². The topological polar surface area (TPSA) is 68.1 Å². The number of non-ortho nitro benzene ring substituents is 1. The van der Waals surface area contributed by atoms with Crippen LogP contribution in [0.1, 0.15) is 5.69 Å². The van der Waals surface area contributed by atoms with Gasteiger partial charge in [-0.3, -0.25) is 10.1 Å². The second-order valence-corrected chi connectivity index (χ2v) is 4.34. The van der Waals surface area contributed by atoms with E-state index in [1.807, 2.05) is 12.4 Å². The highest BCUT2D eigenvalue weighted by atomic mass is 32.1. The van der Waals surface area contributed by atoms with Crippen molar-refractivity contribution in [3.63, 3.8) is 0 Å². The van der Waals surface area contributed by atoms with Gasteiger partial charge in [-0.1, -0.05) is 0 Å². The van der Waals surface area contributed by atoms with Crippen molar-refractivity contribution in [1.82, 2.24) is 10.3 Å². The van der Waals surface area contributed by atoms with E-state index in [1.165, 1.54) is 23.5 Å². The van der Waals surface area contributed by atoms with Gasteiger partial charge in [0.25, 0.3) is 5.69 Å². The van der Waals surface area contributed by atoms with Crippen LogP contribution in [0.5, 0.6) is 0 Å². The number of nitrogens with zero attached hydrogens (tertiary/aromatic N) is 2. The van der Waals surface area contributed by atoms with Crippen LogP contribution in [-0.4, -0.2) is 17.0 Å². The van der Waals surface area contributed by atoms with Gasteiger partial charge in [-0.2, -0.15) is 0 Å². The van der Waals surface area contributed by atoms with E-state index in [4.69, 9.17) is 0 Å². The highest BCUT2D eigenvalue weighted by Crippen LogP contribution is 2.25. The summed E-state index contributed by atoms with van der Waals surface area (Å²) in [6, 6.07) is 6.43. The highest BCUT2D eigenvalue weighted by molar-refractivity contribution is 7.13. The van der Waals surface area contributed by atoms with E-state index in [0.717, 1.165) is 22.8 Å². The third kappa shape index (κ3) is 2.66. The van der Waals surface area contributed by atoms with Crippen molar-refractivity contribution in [2.45, 2.75) is 6.54 Å². The van der Waals surface area contributed by atoms with Crippen molar-refractivity contribution < 1.29 is 4.92 Å². The van der Waals surface area contributed by atoms with E-state index in [2.05, 4.69) is 10.3 Å². The predicted octanol–water partition coefficient (Wildman–Crippen LogP) is 2.44. The maximum absolute atomic E-state index is 10.5. The van der Waals surface area contributed by atoms with Crippen molar-refractivity contribution >= 4 is 17.0 Å². The highest BCUT2D eigenvalue weighted by Gasteiger charge is 2.07. The fourth-order valence-corrected chi connectivity index (χ4v) is 2.25. The molecule has 0 bridgehead atoms. The summed E-state index contributed by atoms with van der Waals surface area (Å²) in [6.07, 6.45) is 0. The van der Waals surface area contributed by atoms with Crippen LogP contribution in [0.4, 0.5) is 5.69 Å². The van der Waals surface area contributed by atoms with Crippen molar-refractivity contribution in [1.29, 1.82) is 0 Å². The number of thiazole rings is 1. The molecule has 0 aliphatic rings. The summed E-state index contributed by atoms with van der Waals surface area (Å²) in [7, 11) is 1.87. The van der Waals surface area contributed by atoms with E-state index in [1.54, 1.807) is 12.1 Å². The Bertz CT molecular complexity index is 522. The van der Waals surface area contributed by atoms with Crippen LogP contribution in [-0.2, 0) is 6.54 Å². The van der Waals surface area contributed by atoms with Crippen LogP contribution in [0.15, 0.2) is 29.6 Å². The molecular formula is C11H11N3O2S. The normalized spacial score (nSPS) is 10.4. The lowest BCUT2D eigenvalue weighted by Crippen LogP contribution is -2.04. The third-order valence-corrected chi connectivity index (χ3v) is 3.17. The predicted molar refractivity (Wildman–Crippen MR) is 67.0 cm³/mol. The Morgan fingerprint density at radius 3 is 2.71 bits per heavy atom. The molecule has 0 aliphatic heterocycles. The summed E-state index contributed by atoms with van der Waals surface area (Å²) < 4.78 is 0. The summed E-state index contributed by atoms with van der Waals surface area (Å²) >= 11 is 1.54. The number of aromatic nitrogens is 1. The molecule has 0 unspecified atom stereocenters. The second kappa shape index (κ2) is 5.03. The van der Waals surface area contributed by atoms with Gasteiger partial charge in [0, 0.05) is 29.6 Å². The van der Waals surface area contributed by atoms with Crippen molar-refractivity contribution in [3.05, 3.63) is 45.5 Å². The lowest BCUT2D eigenvalue weighted by Gasteiger charge is -1.96. The van der Waals surface area contributed by atoms with E-state index >= 15 is 0 Å². The molecule has 0 saturated carbocycles. The van der Waals surface area contributed by atoms with Gasteiger partial charge < -0.3 is 5.32 Å². The molecule has 5 nitrogen and oxygen atoms in total. The third-order valence-electron chi connectivity index (χ3n) is 2.23. The average molecular weight is 249 g/mol. The maximum Gasteiger partial charge on any atom is 0.269 e. The molecule has 0 spiro atoms. The maximum atomic E-state index is 10.5. The van der Waals surface area contributed by atoms with Gasteiger partial charge in [0.2, 0.25) is 0 Å². The lowest BCUT2D eigenvalue weighted by atomic mass is 10.2. The summed E-state index contributed by atoms with van der Waals surface area (Å²) in [5, 5.41) is 16.4. The zero-order valence-corrected chi connectivity index (χ0v) is 10.0. The number of nitro groups is 1. The van der Waals surface area contributed by atoms with Gasteiger partial charge in [-0.05, 0) is 19.2 Å². The molecule has 0 amide bonds. The largest absolute Gasteiger partial charge is 0.314 e. The molecular weight excluding hydrogens is 238 g/mol. The second-order valence-electron chi connectivity index (χ2n) is 3.48. The first kappa shape index (κ1) is 11.7. The van der Waals surface area contributed by atoms with Crippen LogP contribution in [0.3, 0.4) is 0 Å². The summed E-state index contributed by atoms with van der Waals surface area (Å²) in [5.41, 5.74) is 1.98. The van der Waals surface area contributed by atoms with E-state index in [0.29, 0.717) is 0 Å². The van der Waals surface area contributed by atoms with E-state index < -0.39 is 4.92 Å². The number of benzene rings is 1. The molecule has 1 aromatic heterocycles. The Morgan fingerprint density at radius 2 is 2.12 bits per heavy atom. The SMILES string of the molecule is CNCc1csc(-c2ccc([N+](=O)[O-])cc2)n1. The minimum absolute atomic E-state index is 0.0979. The van der Waals surface area contributed by atoms with Gasteiger partial charge in [0.05, 0.1) is 10.6 Å². The molecule has 88 valence electrons. The Labute approximate surface area is 102 Å². The molecule has 0 aliphatic carbocycles. The van der Waals surface area contributed by atoms with Crippen LogP contribution in [0, 0.1) is 10.1 Å². The molecule has 1 aromatic carbocycles. The first-order valence-corrected chi connectivity index (χ1v) is 5.92. The summed E-state index contributed by atoms with van der Waals surface area (Å²) in [5.74, 6) is 0. The molecule has 0 radical (unpaired) electrons. The average Bonchev–Trinajstić information content (AvgIpc) is 2.78. The first-order chi connectivity index (χ1) is 8.20. The van der Waals surface area contributed by atoms with E-state index in [9.17, 15) is 10.1 Å². The molecule has 0 fully saturated rings. The zero-order chi connectivity index (χ0) is 12.3. The smallest absolute Gasteiger partial charge is 0.269 e. The first-order valence-electron chi connectivity index (χ1n) is 5.04. The summed E-state index contributed by atoms with van der Waals surface area (Å²) in [4.78, 5) is 14.5. The lowest BCUT2D eigenvalue weighted by molar-refractivity contribution is -0.384. The van der Waals surface area contributed by atoms with Crippen LogP contribution >= 0.6 is 11.3 Å². The quantitative estimate of drug-likeness (QED) is 0.667. The van der Waals surface area contributed by atoms with Crippen LogP contribution < -0.4 is 5.32 Å². The fraction of sp³-hybridized carbons (Fsp3) is 0.182. The zero-order valence-electron chi connectivity index (χ0n) is 9.21. The van der Waals surface area contributed by atoms with E-state index in [-0.39, 0.29) is 5.69 Å². The standard InChI is InChI=1S/C11H11N3O2S/c1-12-6-9-7-17-11(13-9)8-2-4-10(5-3-8)14(15)16/h2-5,7,12H,6H2,1H3. The molecule has 2 aromatic rings. The molecule has 6 heteroatoms. The minimum atomic E-state index is -0.405. The van der Waals surface area contributed by atoms with Crippen LogP contribution in [0.2, 0.25) is 0 Å². The molecule has 17 heavy (non-hydrogen) atoms. The van der Waals surface area contributed by atoms with Gasteiger partial charge >= 0.3 is 0 Å². The van der Waals surface area contributed by atoms with Gasteiger partial charge in [-0.15, -0.1) is 11.3 Å². The van der Waals surface area contributed by atoms with Crippen LogP contribution in [0.25, 0.3) is 10.6 Å². The Hall–Kier alpha value is -1.79. The summed E-state index contributed by atoms with van der Waals surface area (Å²) in [6.45, 7) is 0.726. The minimum Gasteiger partial charge on any atom is -0.314 e. The number of hydrogen-bond acceptors (Lipinski definition) is 5. The van der Waals surface area contributed by atoms with Gasteiger partial charge in [0.1, 0.15) is 5.01 Å². The molecule has 0 atom stereocenters. The molecule has 1 heterocycles. The monoisotopic (exact) mass is 249 g/mol. The van der Waals surface area contributed by atoms with Gasteiger partial charge in [-0.25, -0.2) is 4.98 Å². The van der Waals surface area contributed by atoms with Crippen molar-refractivity contribution in [2.24, 2.45) is 0 Å². The van der Waals surface area contributed by atoms with Gasteiger partial charge in [0.15, 0.2) is 0 Å². The Morgan fingerprint density at radius 1 is 1.41 bits per heavy atom. The number of nitrogens with one attached hydrogen (secondary N) is 1. The van der Waals surface area contributed by atoms with Crippen molar-refractivity contribution in [3.8, 4) is 10.6 Å². The molecule has 2 rings (SSSR count). The molecule has 1 N–H and O–H groups in total.